The number of benzene rings is 1. The molecule has 0 radical (unpaired) electrons. The zero-order valence-electron chi connectivity index (χ0n) is 11.7. The third-order valence-corrected chi connectivity index (χ3v) is 3.90. The van der Waals surface area contributed by atoms with Crippen molar-refractivity contribution in [2.24, 2.45) is 0 Å². The number of ether oxygens (including phenoxy) is 1. The molecule has 2 aliphatic heterocycles. The largest absolute Gasteiger partial charge is 0.381 e. The number of amides is 2. The smallest absolute Gasteiger partial charge is 0.319 e. The maximum atomic E-state index is 12.0. The van der Waals surface area contributed by atoms with Crippen molar-refractivity contribution in [3.05, 3.63) is 23.8 Å². The minimum absolute atomic E-state index is 0.126. The van der Waals surface area contributed by atoms with Crippen LogP contribution < -0.4 is 16.0 Å². The molecule has 2 amide bonds. The van der Waals surface area contributed by atoms with Gasteiger partial charge in [0.1, 0.15) is 0 Å². The second-order valence-corrected chi connectivity index (χ2v) is 5.58. The van der Waals surface area contributed by atoms with Gasteiger partial charge in [-0.25, -0.2) is 4.79 Å². The van der Waals surface area contributed by atoms with Crippen LogP contribution in [-0.4, -0.2) is 31.3 Å². The average molecular weight is 275 g/mol. The molecule has 3 rings (SSSR count). The number of anilines is 2. The fourth-order valence-corrected chi connectivity index (χ4v) is 2.77. The zero-order valence-corrected chi connectivity index (χ0v) is 11.7. The lowest BCUT2D eigenvalue weighted by atomic mass is 9.98. The van der Waals surface area contributed by atoms with Gasteiger partial charge in [0, 0.05) is 12.6 Å². The average Bonchev–Trinajstić information content (AvgIpc) is 2.92. The third-order valence-electron chi connectivity index (χ3n) is 3.90. The summed E-state index contributed by atoms with van der Waals surface area (Å²) in [6.07, 6.45) is 3.06. The van der Waals surface area contributed by atoms with Gasteiger partial charge in [0.25, 0.3) is 0 Å². The van der Waals surface area contributed by atoms with Crippen LogP contribution in [0.3, 0.4) is 0 Å². The topological polar surface area (TPSA) is 62.4 Å². The fourth-order valence-electron chi connectivity index (χ4n) is 2.77. The summed E-state index contributed by atoms with van der Waals surface area (Å²) in [7, 11) is 0. The second-order valence-electron chi connectivity index (χ2n) is 5.58. The summed E-state index contributed by atoms with van der Waals surface area (Å²) in [5.74, 6) is 0. The minimum atomic E-state index is -0.158. The number of para-hydroxylation sites is 1. The van der Waals surface area contributed by atoms with Gasteiger partial charge in [-0.05, 0) is 37.8 Å². The lowest BCUT2D eigenvalue weighted by Crippen LogP contribution is -2.38. The first kappa shape index (κ1) is 13.2. The summed E-state index contributed by atoms with van der Waals surface area (Å²) >= 11 is 0. The molecule has 3 N–H and O–H groups in total. The van der Waals surface area contributed by atoms with Gasteiger partial charge in [-0.3, -0.25) is 0 Å². The molecule has 0 aliphatic carbocycles. The van der Waals surface area contributed by atoms with Crippen LogP contribution in [0.25, 0.3) is 0 Å². The maximum absolute atomic E-state index is 12.0. The Morgan fingerprint density at radius 2 is 2.30 bits per heavy atom. The van der Waals surface area contributed by atoms with Crippen LogP contribution in [-0.2, 0) is 11.2 Å². The Kier molecular flexibility index (Phi) is 3.78. The molecule has 1 fully saturated rings. The van der Waals surface area contributed by atoms with Crippen molar-refractivity contribution in [1.82, 2.24) is 5.32 Å². The first-order valence-electron chi connectivity index (χ1n) is 7.26. The molecule has 0 saturated carbocycles. The van der Waals surface area contributed by atoms with Gasteiger partial charge in [-0.2, -0.15) is 0 Å². The Bertz CT molecular complexity index is 498. The summed E-state index contributed by atoms with van der Waals surface area (Å²) in [6.45, 7) is 3.50. The monoisotopic (exact) mass is 275 g/mol. The van der Waals surface area contributed by atoms with E-state index in [0.717, 1.165) is 37.2 Å². The summed E-state index contributed by atoms with van der Waals surface area (Å²) in [5, 5.41) is 9.35. The van der Waals surface area contributed by atoms with Gasteiger partial charge < -0.3 is 20.7 Å². The SMILES string of the molecule is CC1CCc2cccc(NC(=O)NC3CCOC3)c2N1. The quantitative estimate of drug-likeness (QED) is 0.776. The van der Waals surface area contributed by atoms with Crippen LogP contribution in [0.4, 0.5) is 16.2 Å². The Hall–Kier alpha value is -1.75. The molecule has 5 heteroatoms. The summed E-state index contributed by atoms with van der Waals surface area (Å²) in [6, 6.07) is 6.45. The Balaban J connectivity index is 1.69. The van der Waals surface area contributed by atoms with Crippen LogP contribution in [0.1, 0.15) is 25.3 Å². The highest BCUT2D eigenvalue weighted by Gasteiger charge is 2.20. The fraction of sp³-hybridized carbons (Fsp3) is 0.533. The number of urea groups is 1. The standard InChI is InChI=1S/C15H21N3O2/c1-10-5-6-11-3-2-4-13(14(11)16-10)18-15(19)17-12-7-8-20-9-12/h2-4,10,12,16H,5-9H2,1H3,(H2,17,18,19). The van der Waals surface area contributed by atoms with Crippen LogP contribution >= 0.6 is 0 Å². The van der Waals surface area contributed by atoms with Crippen molar-refractivity contribution in [3.63, 3.8) is 0 Å². The van der Waals surface area contributed by atoms with Crippen molar-refractivity contribution in [2.45, 2.75) is 38.3 Å². The predicted molar refractivity (Wildman–Crippen MR) is 79.2 cm³/mol. The molecule has 0 spiro atoms. The van der Waals surface area contributed by atoms with Crippen LogP contribution in [0.5, 0.6) is 0 Å². The molecule has 2 heterocycles. The summed E-state index contributed by atoms with van der Waals surface area (Å²) < 4.78 is 5.26. The summed E-state index contributed by atoms with van der Waals surface area (Å²) in [4.78, 5) is 12.0. The number of carbonyl (C=O) groups is 1. The van der Waals surface area contributed by atoms with Crippen molar-refractivity contribution in [2.75, 3.05) is 23.8 Å². The molecule has 1 aromatic carbocycles. The first-order valence-corrected chi connectivity index (χ1v) is 7.26. The van der Waals surface area contributed by atoms with E-state index in [-0.39, 0.29) is 12.1 Å². The van der Waals surface area contributed by atoms with Gasteiger partial charge in [-0.15, -0.1) is 0 Å². The molecule has 2 atom stereocenters. The molecule has 0 bridgehead atoms. The molecular weight excluding hydrogens is 254 g/mol. The molecule has 1 saturated heterocycles. The van der Waals surface area contributed by atoms with Crippen LogP contribution in [0.15, 0.2) is 18.2 Å². The van der Waals surface area contributed by atoms with E-state index < -0.39 is 0 Å². The molecule has 1 aromatic rings. The Morgan fingerprint density at radius 3 is 3.10 bits per heavy atom. The Morgan fingerprint density at radius 1 is 1.40 bits per heavy atom. The molecule has 20 heavy (non-hydrogen) atoms. The number of rotatable bonds is 2. The lowest BCUT2D eigenvalue weighted by molar-refractivity contribution is 0.189. The molecule has 2 aliphatic rings. The van der Waals surface area contributed by atoms with Gasteiger partial charge in [0.05, 0.1) is 24.0 Å². The van der Waals surface area contributed by atoms with Crippen molar-refractivity contribution in [3.8, 4) is 0 Å². The van der Waals surface area contributed by atoms with E-state index >= 15 is 0 Å². The number of aryl methyl sites for hydroxylation is 1. The highest BCUT2D eigenvalue weighted by molar-refractivity contribution is 5.94. The number of carbonyl (C=O) groups excluding carboxylic acids is 1. The van der Waals surface area contributed by atoms with E-state index in [4.69, 9.17) is 4.74 Å². The zero-order chi connectivity index (χ0) is 13.9. The summed E-state index contributed by atoms with van der Waals surface area (Å²) in [5.41, 5.74) is 3.18. The van der Waals surface area contributed by atoms with Gasteiger partial charge in [0.2, 0.25) is 0 Å². The molecule has 5 nitrogen and oxygen atoms in total. The van der Waals surface area contributed by atoms with E-state index in [1.54, 1.807) is 0 Å². The molecule has 2 unspecified atom stereocenters. The second kappa shape index (κ2) is 5.71. The third kappa shape index (κ3) is 2.88. The number of fused-ring (bicyclic) bond motifs is 1. The predicted octanol–water partition coefficient (Wildman–Crippen LogP) is 2.34. The van der Waals surface area contributed by atoms with E-state index in [0.29, 0.717) is 12.6 Å². The number of nitrogens with one attached hydrogen (secondary N) is 3. The van der Waals surface area contributed by atoms with Crippen LogP contribution in [0.2, 0.25) is 0 Å². The van der Waals surface area contributed by atoms with E-state index in [9.17, 15) is 4.79 Å². The van der Waals surface area contributed by atoms with Gasteiger partial charge in [-0.1, -0.05) is 12.1 Å². The highest BCUT2D eigenvalue weighted by atomic mass is 16.5. The van der Waals surface area contributed by atoms with Crippen LogP contribution in [0, 0.1) is 0 Å². The van der Waals surface area contributed by atoms with Crippen molar-refractivity contribution in [1.29, 1.82) is 0 Å². The number of hydrogen-bond acceptors (Lipinski definition) is 3. The first-order chi connectivity index (χ1) is 9.72. The van der Waals surface area contributed by atoms with Crippen molar-refractivity contribution >= 4 is 17.4 Å². The Labute approximate surface area is 119 Å². The molecule has 108 valence electrons. The van der Waals surface area contributed by atoms with E-state index in [2.05, 4.69) is 28.9 Å². The van der Waals surface area contributed by atoms with E-state index in [1.807, 2.05) is 12.1 Å². The van der Waals surface area contributed by atoms with Gasteiger partial charge >= 0.3 is 6.03 Å². The minimum Gasteiger partial charge on any atom is -0.381 e. The normalized spacial score (nSPS) is 24.6. The highest BCUT2D eigenvalue weighted by Crippen LogP contribution is 2.32. The molecular formula is C15H21N3O2. The number of hydrogen-bond donors (Lipinski definition) is 3. The lowest BCUT2D eigenvalue weighted by Gasteiger charge is -2.26. The van der Waals surface area contributed by atoms with Gasteiger partial charge in [0.15, 0.2) is 0 Å². The van der Waals surface area contributed by atoms with Crippen molar-refractivity contribution < 1.29 is 9.53 Å². The molecule has 0 aromatic heterocycles. The maximum Gasteiger partial charge on any atom is 0.319 e. The van der Waals surface area contributed by atoms with E-state index in [1.165, 1.54) is 5.56 Å².